The van der Waals surface area contributed by atoms with Crippen LogP contribution >= 0.6 is 11.3 Å². The zero-order chi connectivity index (χ0) is 27.0. The molecule has 5 nitrogen and oxygen atoms in total. The molecule has 1 aromatic heterocycles. The minimum atomic E-state index is -4.52. The topological polar surface area (TPSA) is 49.9 Å². The van der Waals surface area contributed by atoms with Gasteiger partial charge in [-0.1, -0.05) is 12.1 Å². The number of nitrogens with zero attached hydrogens (tertiary/aromatic N) is 2. The Hall–Kier alpha value is -3.24. The molecule has 0 radical (unpaired) electrons. The van der Waals surface area contributed by atoms with Gasteiger partial charge in [-0.3, -0.25) is 9.59 Å². The molecule has 1 heterocycles. The Morgan fingerprint density at radius 3 is 2.19 bits per heavy atom. The molecule has 2 amide bonds. The summed E-state index contributed by atoms with van der Waals surface area (Å²) in [5.41, 5.74) is 0.948. The lowest BCUT2D eigenvalue weighted by molar-refractivity contribution is -0.137. The summed E-state index contributed by atoms with van der Waals surface area (Å²) in [5, 5.41) is 1.93. The van der Waals surface area contributed by atoms with Gasteiger partial charge in [-0.05, 0) is 72.3 Å². The first-order valence-corrected chi connectivity index (χ1v) is 12.5. The smallest absolute Gasteiger partial charge is 0.385 e. The molecule has 10 heteroatoms. The number of methoxy groups -OCH3 is 1. The fraction of sp³-hybridized carbons (Fsp3) is 0.333. The van der Waals surface area contributed by atoms with Crippen molar-refractivity contribution in [1.29, 1.82) is 0 Å². The molecule has 0 aliphatic rings. The van der Waals surface area contributed by atoms with Crippen molar-refractivity contribution in [3.05, 3.63) is 92.9 Å². The van der Waals surface area contributed by atoms with Gasteiger partial charge in [0.15, 0.2) is 0 Å². The molecule has 0 atom stereocenters. The van der Waals surface area contributed by atoms with Crippen LogP contribution in [0.2, 0.25) is 0 Å². The van der Waals surface area contributed by atoms with Crippen molar-refractivity contribution in [3.8, 4) is 0 Å². The minimum Gasteiger partial charge on any atom is -0.385 e. The maximum Gasteiger partial charge on any atom is 0.416 e. The molecule has 3 rings (SSSR count). The van der Waals surface area contributed by atoms with Gasteiger partial charge in [-0.15, -0.1) is 11.3 Å². The second kappa shape index (κ2) is 12.8. The van der Waals surface area contributed by atoms with E-state index < -0.39 is 17.6 Å². The molecule has 37 heavy (non-hydrogen) atoms. The second-order valence-corrected chi connectivity index (χ2v) is 9.55. The zero-order valence-electron chi connectivity index (χ0n) is 20.6. The number of hydrogen-bond donors (Lipinski definition) is 0. The summed E-state index contributed by atoms with van der Waals surface area (Å²) in [4.78, 5) is 30.6. The number of carbonyl (C=O) groups excluding carboxylic acids is 2. The standard InChI is InChI=1S/C27H28F4N2O3S/c1-19-12-15-37-24(19)17-33(16-20-4-10-23(28)11-5-20)25(34)18-32(13-3-14-36-2)26(35)21-6-8-22(9-7-21)27(29,30)31/h4-12,15H,3,13-14,16-18H2,1-2H3. The highest BCUT2D eigenvalue weighted by atomic mass is 32.1. The van der Waals surface area contributed by atoms with Crippen molar-refractivity contribution in [2.45, 2.75) is 32.6 Å². The first-order valence-electron chi connectivity index (χ1n) is 11.6. The van der Waals surface area contributed by atoms with E-state index in [1.807, 2.05) is 18.4 Å². The van der Waals surface area contributed by atoms with Gasteiger partial charge in [-0.25, -0.2) is 4.39 Å². The number of benzene rings is 2. The van der Waals surface area contributed by atoms with Gasteiger partial charge in [0, 0.05) is 37.2 Å². The predicted octanol–water partition coefficient (Wildman–Crippen LogP) is 5.92. The van der Waals surface area contributed by atoms with Crippen LogP contribution in [-0.2, 0) is 28.8 Å². The van der Waals surface area contributed by atoms with Crippen LogP contribution in [-0.4, -0.2) is 48.4 Å². The van der Waals surface area contributed by atoms with Crippen LogP contribution < -0.4 is 0 Å². The van der Waals surface area contributed by atoms with Gasteiger partial charge in [-0.2, -0.15) is 13.2 Å². The fourth-order valence-electron chi connectivity index (χ4n) is 3.68. The largest absolute Gasteiger partial charge is 0.416 e. The van der Waals surface area contributed by atoms with Crippen molar-refractivity contribution < 1.29 is 31.9 Å². The monoisotopic (exact) mass is 536 g/mol. The maximum absolute atomic E-state index is 13.5. The van der Waals surface area contributed by atoms with E-state index in [0.717, 1.165) is 40.3 Å². The van der Waals surface area contributed by atoms with E-state index in [4.69, 9.17) is 4.74 Å². The van der Waals surface area contributed by atoms with Crippen LogP contribution in [0.1, 0.15) is 38.3 Å². The highest BCUT2D eigenvalue weighted by Gasteiger charge is 2.31. The Morgan fingerprint density at radius 1 is 0.946 bits per heavy atom. The molecule has 0 spiro atoms. The summed E-state index contributed by atoms with van der Waals surface area (Å²) in [6, 6.07) is 11.7. The van der Waals surface area contributed by atoms with Crippen molar-refractivity contribution in [2.24, 2.45) is 0 Å². The predicted molar refractivity (Wildman–Crippen MR) is 134 cm³/mol. The van der Waals surface area contributed by atoms with Gasteiger partial charge in [0.25, 0.3) is 5.91 Å². The Kier molecular flexibility index (Phi) is 9.82. The lowest BCUT2D eigenvalue weighted by Crippen LogP contribution is -2.43. The number of rotatable bonds is 11. The third kappa shape index (κ3) is 8.13. The molecule has 0 saturated carbocycles. The highest BCUT2D eigenvalue weighted by molar-refractivity contribution is 7.10. The van der Waals surface area contributed by atoms with Crippen molar-refractivity contribution in [1.82, 2.24) is 9.80 Å². The Balaban J connectivity index is 1.82. The van der Waals surface area contributed by atoms with Crippen LogP contribution in [0.4, 0.5) is 17.6 Å². The average molecular weight is 537 g/mol. The van der Waals surface area contributed by atoms with E-state index in [0.29, 0.717) is 19.6 Å². The van der Waals surface area contributed by atoms with Crippen molar-refractivity contribution >= 4 is 23.2 Å². The number of thiophene rings is 1. The number of aryl methyl sites for hydroxylation is 1. The lowest BCUT2D eigenvalue weighted by atomic mass is 10.1. The van der Waals surface area contributed by atoms with Crippen LogP contribution in [0, 0.1) is 12.7 Å². The molecule has 0 bridgehead atoms. The normalized spacial score (nSPS) is 11.4. The van der Waals surface area contributed by atoms with Crippen LogP contribution in [0.15, 0.2) is 60.0 Å². The zero-order valence-corrected chi connectivity index (χ0v) is 21.4. The molecule has 0 N–H and O–H groups in total. The highest BCUT2D eigenvalue weighted by Crippen LogP contribution is 2.29. The average Bonchev–Trinajstić information content (AvgIpc) is 3.27. The van der Waals surface area contributed by atoms with Crippen molar-refractivity contribution in [3.63, 3.8) is 0 Å². The van der Waals surface area contributed by atoms with E-state index in [-0.39, 0.29) is 36.9 Å². The quantitative estimate of drug-likeness (QED) is 0.226. The van der Waals surface area contributed by atoms with E-state index in [2.05, 4.69) is 0 Å². The molecule has 0 fully saturated rings. The molecular weight excluding hydrogens is 508 g/mol. The van der Waals surface area contributed by atoms with Gasteiger partial charge in [0.1, 0.15) is 12.4 Å². The summed E-state index contributed by atoms with van der Waals surface area (Å²) < 4.78 is 57.3. The second-order valence-electron chi connectivity index (χ2n) is 8.55. The third-order valence-corrected chi connectivity index (χ3v) is 6.80. The Bertz CT molecular complexity index is 1180. The molecule has 0 aliphatic heterocycles. The van der Waals surface area contributed by atoms with Crippen LogP contribution in [0.25, 0.3) is 0 Å². The minimum absolute atomic E-state index is 0.0532. The lowest BCUT2D eigenvalue weighted by Gasteiger charge is -2.28. The molecule has 0 saturated heterocycles. The van der Waals surface area contributed by atoms with Gasteiger partial charge in [0.2, 0.25) is 5.91 Å². The first-order chi connectivity index (χ1) is 17.6. The Morgan fingerprint density at radius 2 is 1.62 bits per heavy atom. The molecule has 3 aromatic rings. The maximum atomic E-state index is 13.5. The molecule has 2 aromatic carbocycles. The summed E-state index contributed by atoms with van der Waals surface area (Å²) >= 11 is 1.51. The number of alkyl halides is 3. The summed E-state index contributed by atoms with van der Waals surface area (Å²) in [7, 11) is 1.51. The van der Waals surface area contributed by atoms with E-state index in [9.17, 15) is 27.2 Å². The van der Waals surface area contributed by atoms with E-state index in [1.54, 1.807) is 17.0 Å². The molecule has 0 unspecified atom stereocenters. The first kappa shape index (κ1) is 28.3. The number of carbonyl (C=O) groups is 2. The fourth-order valence-corrected chi connectivity index (χ4v) is 4.60. The van der Waals surface area contributed by atoms with Crippen molar-refractivity contribution in [2.75, 3.05) is 26.8 Å². The molecular formula is C27H28F4N2O3S. The van der Waals surface area contributed by atoms with Crippen LogP contribution in [0.5, 0.6) is 0 Å². The molecule has 198 valence electrons. The Labute approximate surface area is 217 Å². The van der Waals surface area contributed by atoms with E-state index >= 15 is 0 Å². The summed E-state index contributed by atoms with van der Waals surface area (Å²) in [6.45, 7) is 2.71. The number of hydrogen-bond acceptors (Lipinski definition) is 4. The number of amides is 2. The van der Waals surface area contributed by atoms with Gasteiger partial charge < -0.3 is 14.5 Å². The number of ether oxygens (including phenoxy) is 1. The van der Waals surface area contributed by atoms with Gasteiger partial charge >= 0.3 is 6.18 Å². The number of halogens is 4. The third-order valence-electron chi connectivity index (χ3n) is 5.79. The van der Waals surface area contributed by atoms with E-state index in [1.165, 1.54) is 35.5 Å². The molecule has 0 aliphatic carbocycles. The summed E-state index contributed by atoms with van der Waals surface area (Å²) in [6.07, 6.45) is -4.07. The van der Waals surface area contributed by atoms with Crippen LogP contribution in [0.3, 0.4) is 0 Å². The SMILES string of the molecule is COCCCN(CC(=O)N(Cc1ccc(F)cc1)Cc1sccc1C)C(=O)c1ccc(C(F)(F)F)cc1. The summed E-state index contributed by atoms with van der Waals surface area (Å²) in [5.74, 6) is -1.27. The van der Waals surface area contributed by atoms with Gasteiger partial charge in [0.05, 0.1) is 12.1 Å².